The summed E-state index contributed by atoms with van der Waals surface area (Å²) in [5.41, 5.74) is 4.27. The van der Waals surface area contributed by atoms with Gasteiger partial charge in [-0.1, -0.05) is 30.3 Å². The second-order valence-electron chi connectivity index (χ2n) is 6.97. The van der Waals surface area contributed by atoms with E-state index in [9.17, 15) is 9.59 Å². The monoisotopic (exact) mass is 371 g/mol. The van der Waals surface area contributed by atoms with E-state index < -0.39 is 0 Å². The number of pyridine rings is 1. The molecule has 0 atom stereocenters. The number of benzene rings is 2. The lowest BCUT2D eigenvalue weighted by Crippen LogP contribution is -2.25. The summed E-state index contributed by atoms with van der Waals surface area (Å²) >= 11 is 0. The van der Waals surface area contributed by atoms with E-state index in [1.165, 1.54) is 0 Å². The average molecular weight is 371 g/mol. The van der Waals surface area contributed by atoms with Crippen molar-refractivity contribution in [3.8, 4) is 11.3 Å². The van der Waals surface area contributed by atoms with E-state index in [0.29, 0.717) is 28.6 Å². The highest BCUT2D eigenvalue weighted by atomic mass is 16.2. The number of carbonyl (C=O) groups is 2. The standard InChI is InChI=1S/C23H21N3O2/c1-15-20(13-14-21(24-15)16-5-3-2-4-6-16)23(28)26-18-9-7-17(8-10-18)22(27)25-19-11-12-19/h2-10,13-14,19H,11-12H2,1H3,(H,25,27)(H,26,28). The van der Waals surface area contributed by atoms with Crippen molar-refractivity contribution >= 4 is 17.5 Å². The number of rotatable bonds is 5. The zero-order valence-corrected chi connectivity index (χ0v) is 15.6. The van der Waals surface area contributed by atoms with Gasteiger partial charge in [0.1, 0.15) is 0 Å². The lowest BCUT2D eigenvalue weighted by Gasteiger charge is -2.10. The molecule has 1 aliphatic carbocycles. The molecule has 1 fully saturated rings. The van der Waals surface area contributed by atoms with Crippen molar-refractivity contribution in [1.82, 2.24) is 10.3 Å². The van der Waals surface area contributed by atoms with Crippen LogP contribution in [-0.2, 0) is 0 Å². The number of hydrogen-bond donors (Lipinski definition) is 2. The Morgan fingerprint density at radius 1 is 0.893 bits per heavy atom. The summed E-state index contributed by atoms with van der Waals surface area (Å²) in [6.45, 7) is 1.83. The van der Waals surface area contributed by atoms with Crippen LogP contribution in [0.25, 0.3) is 11.3 Å². The number of aromatic nitrogens is 1. The first-order valence-corrected chi connectivity index (χ1v) is 9.35. The molecule has 1 aromatic heterocycles. The molecule has 3 aromatic rings. The first-order chi connectivity index (χ1) is 13.6. The molecule has 0 unspecified atom stereocenters. The topological polar surface area (TPSA) is 71.1 Å². The highest BCUT2D eigenvalue weighted by molar-refractivity contribution is 6.05. The van der Waals surface area contributed by atoms with Crippen LogP contribution >= 0.6 is 0 Å². The van der Waals surface area contributed by atoms with Gasteiger partial charge >= 0.3 is 0 Å². The summed E-state index contributed by atoms with van der Waals surface area (Å²) in [4.78, 5) is 29.2. The zero-order valence-electron chi connectivity index (χ0n) is 15.6. The van der Waals surface area contributed by atoms with Gasteiger partial charge in [-0.2, -0.15) is 0 Å². The second-order valence-corrected chi connectivity index (χ2v) is 6.97. The minimum atomic E-state index is -0.222. The maximum absolute atomic E-state index is 12.6. The number of hydrogen-bond acceptors (Lipinski definition) is 3. The van der Waals surface area contributed by atoms with Crippen LogP contribution in [0, 0.1) is 6.92 Å². The molecule has 0 spiro atoms. The van der Waals surface area contributed by atoms with Crippen LogP contribution in [0.3, 0.4) is 0 Å². The number of anilines is 1. The van der Waals surface area contributed by atoms with E-state index in [4.69, 9.17) is 0 Å². The smallest absolute Gasteiger partial charge is 0.257 e. The third-order valence-electron chi connectivity index (χ3n) is 4.72. The summed E-state index contributed by atoms with van der Waals surface area (Å²) < 4.78 is 0. The lowest BCUT2D eigenvalue weighted by atomic mass is 10.1. The van der Waals surface area contributed by atoms with E-state index in [1.807, 2.05) is 43.3 Å². The Balaban J connectivity index is 1.45. The normalized spacial score (nSPS) is 13.0. The first kappa shape index (κ1) is 17.9. The summed E-state index contributed by atoms with van der Waals surface area (Å²) in [6.07, 6.45) is 2.10. The van der Waals surface area contributed by atoms with Crippen molar-refractivity contribution < 1.29 is 9.59 Å². The molecule has 0 saturated heterocycles. The SMILES string of the molecule is Cc1nc(-c2ccccc2)ccc1C(=O)Nc1ccc(C(=O)NC2CC2)cc1. The Morgan fingerprint density at radius 3 is 2.25 bits per heavy atom. The van der Waals surface area contributed by atoms with Crippen molar-refractivity contribution in [2.45, 2.75) is 25.8 Å². The van der Waals surface area contributed by atoms with Crippen molar-refractivity contribution in [2.24, 2.45) is 0 Å². The van der Waals surface area contributed by atoms with E-state index in [0.717, 1.165) is 24.1 Å². The van der Waals surface area contributed by atoms with Crippen LogP contribution in [0.2, 0.25) is 0 Å². The molecule has 140 valence electrons. The molecule has 5 nitrogen and oxygen atoms in total. The van der Waals surface area contributed by atoms with Crippen molar-refractivity contribution in [2.75, 3.05) is 5.32 Å². The first-order valence-electron chi connectivity index (χ1n) is 9.35. The summed E-state index contributed by atoms with van der Waals surface area (Å²) in [5.74, 6) is -0.295. The molecule has 4 rings (SSSR count). The fourth-order valence-electron chi connectivity index (χ4n) is 2.97. The Kier molecular flexibility index (Phi) is 4.89. The molecule has 1 saturated carbocycles. The number of carbonyl (C=O) groups excluding carboxylic acids is 2. The third kappa shape index (κ3) is 4.09. The molecule has 1 heterocycles. The van der Waals surface area contributed by atoms with Crippen molar-refractivity contribution in [1.29, 1.82) is 0 Å². The van der Waals surface area contributed by atoms with Gasteiger partial charge in [0.25, 0.3) is 11.8 Å². The number of nitrogens with zero attached hydrogens (tertiary/aromatic N) is 1. The van der Waals surface area contributed by atoms with Gasteiger partial charge in [0.05, 0.1) is 17.0 Å². The van der Waals surface area contributed by atoms with Crippen LogP contribution < -0.4 is 10.6 Å². The molecular weight excluding hydrogens is 350 g/mol. The molecule has 2 N–H and O–H groups in total. The quantitative estimate of drug-likeness (QED) is 0.706. The highest BCUT2D eigenvalue weighted by Gasteiger charge is 2.23. The predicted octanol–water partition coefficient (Wildman–Crippen LogP) is 4.20. The van der Waals surface area contributed by atoms with Crippen molar-refractivity contribution in [3.05, 3.63) is 83.6 Å². The number of amides is 2. The van der Waals surface area contributed by atoms with E-state index in [1.54, 1.807) is 30.3 Å². The minimum Gasteiger partial charge on any atom is -0.349 e. The van der Waals surface area contributed by atoms with Gasteiger partial charge in [-0.05, 0) is 56.2 Å². The van der Waals surface area contributed by atoms with Crippen molar-refractivity contribution in [3.63, 3.8) is 0 Å². The summed E-state index contributed by atoms with van der Waals surface area (Å²) in [5, 5.41) is 5.81. The molecule has 0 bridgehead atoms. The van der Waals surface area contributed by atoms with Crippen LogP contribution in [0.5, 0.6) is 0 Å². The molecular formula is C23H21N3O2. The van der Waals surface area contributed by atoms with Gasteiger partial charge in [-0.3, -0.25) is 14.6 Å². The van der Waals surface area contributed by atoms with E-state index >= 15 is 0 Å². The van der Waals surface area contributed by atoms with E-state index in [-0.39, 0.29) is 11.8 Å². The fraction of sp³-hybridized carbons (Fsp3) is 0.174. The highest BCUT2D eigenvalue weighted by Crippen LogP contribution is 2.21. The van der Waals surface area contributed by atoms with Gasteiger partial charge in [0.2, 0.25) is 0 Å². The molecule has 2 aromatic carbocycles. The Morgan fingerprint density at radius 2 is 1.61 bits per heavy atom. The maximum Gasteiger partial charge on any atom is 0.257 e. The van der Waals surface area contributed by atoms with Gasteiger partial charge < -0.3 is 10.6 Å². The fourth-order valence-corrected chi connectivity index (χ4v) is 2.97. The Bertz CT molecular complexity index is 1010. The third-order valence-corrected chi connectivity index (χ3v) is 4.72. The summed E-state index contributed by atoms with van der Waals surface area (Å²) in [6, 6.07) is 20.7. The molecule has 0 radical (unpaired) electrons. The summed E-state index contributed by atoms with van der Waals surface area (Å²) in [7, 11) is 0. The Labute approximate surface area is 163 Å². The van der Waals surface area contributed by atoms with Crippen LogP contribution in [0.15, 0.2) is 66.7 Å². The predicted molar refractivity (Wildman–Crippen MR) is 109 cm³/mol. The lowest BCUT2D eigenvalue weighted by molar-refractivity contribution is 0.0950. The molecule has 28 heavy (non-hydrogen) atoms. The maximum atomic E-state index is 12.6. The van der Waals surface area contributed by atoms with Gasteiger partial charge in [0.15, 0.2) is 0 Å². The second kappa shape index (κ2) is 7.64. The zero-order chi connectivity index (χ0) is 19.5. The molecule has 1 aliphatic rings. The number of nitrogens with one attached hydrogen (secondary N) is 2. The Hall–Kier alpha value is -3.47. The average Bonchev–Trinajstić information content (AvgIpc) is 3.53. The largest absolute Gasteiger partial charge is 0.349 e. The van der Waals surface area contributed by atoms with Gasteiger partial charge in [0, 0.05) is 22.9 Å². The van der Waals surface area contributed by atoms with Crippen LogP contribution in [0.1, 0.15) is 39.3 Å². The van der Waals surface area contributed by atoms with Crippen LogP contribution in [-0.4, -0.2) is 22.8 Å². The minimum absolute atomic E-state index is 0.0723. The molecule has 2 amide bonds. The molecule has 0 aliphatic heterocycles. The van der Waals surface area contributed by atoms with Crippen LogP contribution in [0.4, 0.5) is 5.69 Å². The molecule has 5 heteroatoms. The van der Waals surface area contributed by atoms with Gasteiger partial charge in [-0.25, -0.2) is 0 Å². The van der Waals surface area contributed by atoms with E-state index in [2.05, 4.69) is 15.6 Å². The number of aryl methyl sites for hydroxylation is 1. The van der Waals surface area contributed by atoms with Gasteiger partial charge in [-0.15, -0.1) is 0 Å².